The van der Waals surface area contributed by atoms with Crippen LogP contribution in [0, 0.1) is 0 Å². The number of rotatable bonds is 10. The summed E-state index contributed by atoms with van der Waals surface area (Å²) in [5.41, 5.74) is 3.60. The van der Waals surface area contributed by atoms with Gasteiger partial charge in [0.25, 0.3) is 0 Å². The zero-order chi connectivity index (χ0) is 22.2. The minimum absolute atomic E-state index is 0.0443. The van der Waals surface area contributed by atoms with Gasteiger partial charge in [-0.25, -0.2) is 0 Å². The van der Waals surface area contributed by atoms with E-state index in [-0.39, 0.29) is 18.9 Å². The number of nitrogens with zero attached hydrogens (tertiary/aromatic N) is 1. The molecule has 0 saturated carbocycles. The number of ether oxygens (including phenoxy) is 1. The van der Waals surface area contributed by atoms with E-state index in [2.05, 4.69) is 41.2 Å². The molecule has 0 aliphatic heterocycles. The molecule has 0 radical (unpaired) electrons. The number of hydrogen-bond donors (Lipinski definition) is 2. The molecule has 162 valence electrons. The number of aliphatic carboxylic acids is 1. The highest BCUT2D eigenvalue weighted by atomic mass is 16.5. The first-order valence-electron chi connectivity index (χ1n) is 10.5. The zero-order valence-electron chi connectivity index (χ0n) is 17.9. The number of para-hydroxylation sites is 2. The molecule has 2 N–H and O–H groups in total. The number of carboxylic acids is 1. The molecule has 1 aromatic heterocycles. The van der Waals surface area contributed by atoms with Crippen LogP contribution in [0.25, 0.3) is 16.5 Å². The summed E-state index contributed by atoms with van der Waals surface area (Å²) >= 11 is 0. The number of aromatic nitrogens is 1. The summed E-state index contributed by atoms with van der Waals surface area (Å²) in [5, 5.41) is 12.7. The van der Waals surface area contributed by atoms with Crippen LogP contribution in [0.15, 0.2) is 60.8 Å². The van der Waals surface area contributed by atoms with E-state index in [0.29, 0.717) is 17.9 Å². The lowest BCUT2D eigenvalue weighted by molar-refractivity contribution is -0.137. The molecule has 0 saturated heterocycles. The summed E-state index contributed by atoms with van der Waals surface area (Å²) in [6.07, 6.45) is 5.19. The van der Waals surface area contributed by atoms with Crippen LogP contribution in [-0.4, -0.2) is 28.2 Å². The quantitative estimate of drug-likeness (QED) is 0.343. The van der Waals surface area contributed by atoms with E-state index in [1.807, 2.05) is 25.1 Å². The van der Waals surface area contributed by atoms with Gasteiger partial charge in [-0.1, -0.05) is 25.1 Å². The molecule has 1 amide bonds. The summed E-state index contributed by atoms with van der Waals surface area (Å²) in [5.74, 6) is -0.584. The molecule has 31 heavy (non-hydrogen) atoms. The smallest absolute Gasteiger partial charge is 0.303 e. The van der Waals surface area contributed by atoms with E-state index in [0.717, 1.165) is 29.5 Å². The van der Waals surface area contributed by atoms with E-state index in [9.17, 15) is 9.59 Å². The maximum atomic E-state index is 12.6. The Morgan fingerprint density at radius 1 is 1.16 bits per heavy atom. The van der Waals surface area contributed by atoms with Gasteiger partial charge in [-0.3, -0.25) is 9.59 Å². The van der Waals surface area contributed by atoms with Gasteiger partial charge in [0.05, 0.1) is 12.3 Å². The molecular formula is C25H28N2O4. The largest absolute Gasteiger partial charge is 0.491 e. The van der Waals surface area contributed by atoms with Gasteiger partial charge in [0.1, 0.15) is 5.75 Å². The van der Waals surface area contributed by atoms with Crippen LogP contribution in [-0.2, 0) is 16.1 Å². The van der Waals surface area contributed by atoms with Crippen LogP contribution in [0.4, 0.5) is 5.69 Å². The van der Waals surface area contributed by atoms with Crippen molar-refractivity contribution in [3.63, 3.8) is 0 Å². The lowest BCUT2D eigenvalue weighted by Gasteiger charge is -2.11. The highest BCUT2D eigenvalue weighted by Gasteiger charge is 2.08. The van der Waals surface area contributed by atoms with Gasteiger partial charge in [-0.15, -0.1) is 0 Å². The Kier molecular flexibility index (Phi) is 7.49. The van der Waals surface area contributed by atoms with Gasteiger partial charge >= 0.3 is 5.97 Å². The van der Waals surface area contributed by atoms with Crippen molar-refractivity contribution in [2.75, 3.05) is 11.9 Å². The Balaban J connectivity index is 1.68. The normalized spacial score (nSPS) is 11.5. The highest BCUT2D eigenvalue weighted by Crippen LogP contribution is 2.25. The maximum absolute atomic E-state index is 12.6. The Morgan fingerprint density at radius 3 is 2.74 bits per heavy atom. The molecule has 6 nitrogen and oxygen atoms in total. The van der Waals surface area contributed by atoms with Crippen LogP contribution < -0.4 is 10.1 Å². The van der Waals surface area contributed by atoms with Crippen LogP contribution in [0.3, 0.4) is 0 Å². The van der Waals surface area contributed by atoms with Gasteiger partial charge in [0.2, 0.25) is 5.91 Å². The lowest BCUT2D eigenvalue weighted by Crippen LogP contribution is -2.11. The van der Waals surface area contributed by atoms with Crippen molar-refractivity contribution >= 4 is 34.0 Å². The van der Waals surface area contributed by atoms with Gasteiger partial charge in [-0.05, 0) is 61.2 Å². The molecule has 0 unspecified atom stereocenters. The average Bonchev–Trinajstić information content (AvgIpc) is 3.14. The van der Waals surface area contributed by atoms with E-state index >= 15 is 0 Å². The monoisotopic (exact) mass is 420 g/mol. The number of carbonyl (C=O) groups excluding carboxylic acids is 1. The number of carboxylic acid groups (broad SMARTS) is 1. The molecule has 0 aliphatic rings. The molecule has 0 bridgehead atoms. The van der Waals surface area contributed by atoms with E-state index in [4.69, 9.17) is 9.84 Å². The van der Waals surface area contributed by atoms with Gasteiger partial charge in [-0.2, -0.15) is 0 Å². The molecule has 3 rings (SSSR count). The number of fused-ring (bicyclic) bond motifs is 1. The average molecular weight is 421 g/mol. The fourth-order valence-electron chi connectivity index (χ4n) is 3.43. The molecule has 0 fully saturated rings. The van der Waals surface area contributed by atoms with Crippen LogP contribution in [0.5, 0.6) is 5.75 Å². The number of nitrogens with one attached hydrogen (secondary N) is 1. The number of allylic oxidation sites excluding steroid dienone is 1. The Morgan fingerprint density at radius 2 is 1.97 bits per heavy atom. The molecule has 6 heteroatoms. The second-order valence-electron chi connectivity index (χ2n) is 7.44. The standard InChI is InChI=1S/C25H28N2O4/c1-3-13-27-14-12-20-17-19(10-11-22(20)27)18(2)16-24(28)26-21-7-4-5-8-23(21)31-15-6-9-25(29)30/h4-5,7-8,10-12,14,16-17H,3,6,9,13,15H2,1-2H3,(H,26,28)(H,29,30)/b18-16+. The second kappa shape index (κ2) is 10.5. The predicted octanol–water partition coefficient (Wildman–Crippen LogP) is 5.34. The third-order valence-electron chi connectivity index (χ3n) is 4.98. The highest BCUT2D eigenvalue weighted by molar-refractivity contribution is 6.04. The Hall–Kier alpha value is -3.54. The molecule has 3 aromatic rings. The SMILES string of the molecule is CCCn1ccc2cc(/C(C)=C/C(=O)Nc3ccccc3OCCCC(=O)O)ccc21. The van der Waals surface area contributed by atoms with Gasteiger partial charge in [0.15, 0.2) is 0 Å². The van der Waals surface area contributed by atoms with Crippen molar-refractivity contribution in [2.45, 2.75) is 39.7 Å². The molecule has 2 aromatic carbocycles. The Bertz CT molecular complexity index is 1100. The fraction of sp³-hybridized carbons (Fsp3) is 0.280. The van der Waals surface area contributed by atoms with E-state index in [1.54, 1.807) is 18.2 Å². The first-order valence-corrected chi connectivity index (χ1v) is 10.5. The van der Waals surface area contributed by atoms with Crippen molar-refractivity contribution in [1.82, 2.24) is 4.57 Å². The van der Waals surface area contributed by atoms with Crippen molar-refractivity contribution in [1.29, 1.82) is 0 Å². The number of benzene rings is 2. The van der Waals surface area contributed by atoms with Crippen molar-refractivity contribution in [3.05, 3.63) is 66.4 Å². The summed E-state index contributed by atoms with van der Waals surface area (Å²) < 4.78 is 7.88. The zero-order valence-corrected chi connectivity index (χ0v) is 17.9. The number of amides is 1. The first kappa shape index (κ1) is 22.2. The molecule has 0 atom stereocenters. The lowest BCUT2D eigenvalue weighted by atomic mass is 10.0. The van der Waals surface area contributed by atoms with Crippen LogP contribution in [0.1, 0.15) is 38.7 Å². The second-order valence-corrected chi connectivity index (χ2v) is 7.44. The number of aryl methyl sites for hydroxylation is 1. The predicted molar refractivity (Wildman–Crippen MR) is 123 cm³/mol. The molecule has 1 heterocycles. The topological polar surface area (TPSA) is 80.6 Å². The molecule has 0 spiro atoms. The minimum atomic E-state index is -0.856. The Labute approximate surface area is 182 Å². The summed E-state index contributed by atoms with van der Waals surface area (Å²) in [4.78, 5) is 23.2. The van der Waals surface area contributed by atoms with E-state index in [1.165, 1.54) is 5.52 Å². The van der Waals surface area contributed by atoms with Crippen LogP contribution >= 0.6 is 0 Å². The first-order chi connectivity index (χ1) is 15.0. The van der Waals surface area contributed by atoms with Crippen molar-refractivity contribution in [2.24, 2.45) is 0 Å². The van der Waals surface area contributed by atoms with Crippen molar-refractivity contribution < 1.29 is 19.4 Å². The number of hydrogen-bond acceptors (Lipinski definition) is 3. The summed E-state index contributed by atoms with van der Waals surface area (Å²) in [7, 11) is 0. The third-order valence-corrected chi connectivity index (χ3v) is 4.98. The minimum Gasteiger partial charge on any atom is -0.491 e. The summed E-state index contributed by atoms with van der Waals surface area (Å²) in [6, 6.07) is 15.5. The van der Waals surface area contributed by atoms with Crippen molar-refractivity contribution in [3.8, 4) is 5.75 Å². The van der Waals surface area contributed by atoms with E-state index < -0.39 is 5.97 Å². The molecular weight excluding hydrogens is 392 g/mol. The fourth-order valence-corrected chi connectivity index (χ4v) is 3.43. The van der Waals surface area contributed by atoms with Gasteiger partial charge in [0, 0.05) is 36.1 Å². The molecule has 0 aliphatic carbocycles. The van der Waals surface area contributed by atoms with Gasteiger partial charge < -0.3 is 19.7 Å². The number of anilines is 1. The number of carbonyl (C=O) groups is 2. The van der Waals surface area contributed by atoms with Crippen LogP contribution in [0.2, 0.25) is 0 Å². The third kappa shape index (κ3) is 5.98. The maximum Gasteiger partial charge on any atom is 0.303 e. The summed E-state index contributed by atoms with van der Waals surface area (Å²) in [6.45, 7) is 5.33.